The Bertz CT molecular complexity index is 939. The Morgan fingerprint density at radius 2 is 2.07 bits per heavy atom. The number of amides is 1. The molecule has 4 heterocycles. The first-order chi connectivity index (χ1) is 12.6. The number of halogens is 2. The third-order valence-corrected chi connectivity index (χ3v) is 4.80. The van der Waals surface area contributed by atoms with Gasteiger partial charge in [-0.2, -0.15) is 5.10 Å². The molecule has 10 heteroatoms. The van der Waals surface area contributed by atoms with Crippen LogP contribution >= 0.6 is 24.8 Å². The highest BCUT2D eigenvalue weighted by molar-refractivity contribution is 5.95. The Morgan fingerprint density at radius 1 is 1.25 bits per heavy atom. The second-order valence-electron chi connectivity index (χ2n) is 6.53. The second-order valence-corrected chi connectivity index (χ2v) is 6.53. The van der Waals surface area contributed by atoms with Crippen LogP contribution in [0.2, 0.25) is 0 Å². The summed E-state index contributed by atoms with van der Waals surface area (Å²) in [5.74, 6) is 1.42. The molecular formula is C18H23Cl2N7O. The SMILES string of the molecule is Cc1nccn1-c1ncccc1NC(=O)[C@H]1CNC[C@@H]1c1cnn(C)c1.Cl.Cl. The number of aromatic nitrogens is 5. The molecule has 2 atom stereocenters. The van der Waals surface area contributed by atoms with E-state index in [9.17, 15) is 4.79 Å². The molecule has 0 bridgehead atoms. The van der Waals surface area contributed by atoms with Gasteiger partial charge in [0.1, 0.15) is 5.82 Å². The van der Waals surface area contributed by atoms with Crippen molar-refractivity contribution in [2.75, 3.05) is 18.4 Å². The number of hydrogen-bond acceptors (Lipinski definition) is 5. The number of carbonyl (C=O) groups is 1. The van der Waals surface area contributed by atoms with Crippen LogP contribution in [0.4, 0.5) is 5.69 Å². The molecule has 1 aliphatic heterocycles. The maximum absolute atomic E-state index is 13.0. The van der Waals surface area contributed by atoms with Crippen LogP contribution in [0.5, 0.6) is 0 Å². The molecule has 0 aliphatic carbocycles. The van der Waals surface area contributed by atoms with E-state index in [-0.39, 0.29) is 42.6 Å². The molecule has 0 aromatic carbocycles. The van der Waals surface area contributed by atoms with Crippen molar-refractivity contribution in [1.29, 1.82) is 0 Å². The predicted octanol–water partition coefficient (Wildman–Crippen LogP) is 2.09. The van der Waals surface area contributed by atoms with Gasteiger partial charge < -0.3 is 10.6 Å². The number of pyridine rings is 1. The van der Waals surface area contributed by atoms with Gasteiger partial charge in [-0.15, -0.1) is 24.8 Å². The van der Waals surface area contributed by atoms with Gasteiger partial charge in [0.25, 0.3) is 0 Å². The summed E-state index contributed by atoms with van der Waals surface area (Å²) in [4.78, 5) is 21.6. The zero-order chi connectivity index (χ0) is 18.1. The van der Waals surface area contributed by atoms with Crippen molar-refractivity contribution in [1.82, 2.24) is 29.6 Å². The van der Waals surface area contributed by atoms with Crippen molar-refractivity contribution in [3.05, 3.63) is 54.5 Å². The summed E-state index contributed by atoms with van der Waals surface area (Å²) in [7, 11) is 1.89. The van der Waals surface area contributed by atoms with Crippen LogP contribution in [0.3, 0.4) is 0 Å². The third kappa shape index (κ3) is 4.19. The van der Waals surface area contributed by atoms with Crippen molar-refractivity contribution in [3.8, 4) is 5.82 Å². The molecule has 2 N–H and O–H groups in total. The molecule has 28 heavy (non-hydrogen) atoms. The lowest BCUT2D eigenvalue weighted by Gasteiger charge is -2.18. The Balaban J connectivity index is 0.00000140. The standard InChI is InChI=1S/C18H21N7O.2ClH/c1-12-20-6-7-25(12)17-16(4-3-5-21-17)23-18(26)15-10-19-9-14(15)13-8-22-24(2)11-13;;/h3-8,11,14-15,19H,9-10H2,1-2H3,(H,23,26);2*1H/t14-,15+;;/m1../s1. The zero-order valence-electron chi connectivity index (χ0n) is 15.6. The summed E-state index contributed by atoms with van der Waals surface area (Å²) in [5, 5.41) is 10.6. The van der Waals surface area contributed by atoms with Crippen LogP contribution in [0.15, 0.2) is 43.1 Å². The summed E-state index contributed by atoms with van der Waals surface area (Å²) >= 11 is 0. The van der Waals surface area contributed by atoms with Gasteiger partial charge in [0.2, 0.25) is 5.91 Å². The van der Waals surface area contributed by atoms with E-state index in [1.165, 1.54) is 0 Å². The lowest BCUT2D eigenvalue weighted by Crippen LogP contribution is -2.28. The molecule has 0 unspecified atom stereocenters. The van der Waals surface area contributed by atoms with Gasteiger partial charge in [-0.25, -0.2) is 9.97 Å². The molecule has 4 rings (SSSR count). The molecule has 1 amide bonds. The molecule has 0 spiro atoms. The lowest BCUT2D eigenvalue weighted by molar-refractivity contribution is -0.119. The van der Waals surface area contributed by atoms with E-state index < -0.39 is 0 Å². The Morgan fingerprint density at radius 3 is 2.75 bits per heavy atom. The maximum atomic E-state index is 13.0. The highest BCUT2D eigenvalue weighted by Crippen LogP contribution is 2.29. The van der Waals surface area contributed by atoms with Crippen LogP contribution in [-0.4, -0.2) is 43.3 Å². The van der Waals surface area contributed by atoms with Gasteiger partial charge in [0, 0.05) is 50.8 Å². The van der Waals surface area contributed by atoms with Gasteiger partial charge in [0.05, 0.1) is 17.8 Å². The fourth-order valence-corrected chi connectivity index (χ4v) is 3.45. The first-order valence-corrected chi connectivity index (χ1v) is 8.59. The summed E-state index contributed by atoms with van der Waals surface area (Å²) in [5.41, 5.74) is 1.75. The monoisotopic (exact) mass is 423 g/mol. The average molecular weight is 424 g/mol. The van der Waals surface area contributed by atoms with E-state index in [1.807, 2.05) is 49.3 Å². The molecule has 1 saturated heterocycles. The number of carbonyl (C=O) groups excluding carboxylic acids is 1. The molecule has 1 aliphatic rings. The molecular weight excluding hydrogens is 401 g/mol. The quantitative estimate of drug-likeness (QED) is 0.670. The molecule has 3 aromatic heterocycles. The van der Waals surface area contributed by atoms with E-state index in [0.29, 0.717) is 18.1 Å². The maximum Gasteiger partial charge on any atom is 0.229 e. The number of imidazole rings is 1. The molecule has 3 aromatic rings. The number of hydrogen-bond donors (Lipinski definition) is 2. The number of nitrogens with zero attached hydrogens (tertiary/aromatic N) is 5. The fraction of sp³-hybridized carbons (Fsp3) is 0.333. The number of aryl methyl sites for hydroxylation is 2. The van der Waals surface area contributed by atoms with Crippen LogP contribution in [-0.2, 0) is 11.8 Å². The van der Waals surface area contributed by atoms with Crippen LogP contribution < -0.4 is 10.6 Å². The van der Waals surface area contributed by atoms with Crippen molar-refractivity contribution in [3.63, 3.8) is 0 Å². The van der Waals surface area contributed by atoms with Gasteiger partial charge >= 0.3 is 0 Å². The Kier molecular flexibility index (Phi) is 7.17. The average Bonchev–Trinajstić information content (AvgIpc) is 3.35. The van der Waals surface area contributed by atoms with E-state index in [2.05, 4.69) is 25.7 Å². The van der Waals surface area contributed by atoms with Crippen molar-refractivity contribution in [2.24, 2.45) is 13.0 Å². The minimum absolute atomic E-state index is 0. The van der Waals surface area contributed by atoms with Crippen molar-refractivity contribution < 1.29 is 4.79 Å². The number of anilines is 1. The summed E-state index contributed by atoms with van der Waals surface area (Å²) in [6.07, 6.45) is 9.07. The van der Waals surface area contributed by atoms with Gasteiger partial charge in [-0.05, 0) is 24.6 Å². The first kappa shape index (κ1) is 21.9. The number of rotatable bonds is 4. The first-order valence-electron chi connectivity index (χ1n) is 8.59. The van der Waals surface area contributed by atoms with E-state index >= 15 is 0 Å². The largest absolute Gasteiger partial charge is 0.323 e. The van der Waals surface area contributed by atoms with E-state index in [0.717, 1.165) is 17.9 Å². The van der Waals surface area contributed by atoms with Crippen LogP contribution in [0.1, 0.15) is 17.3 Å². The van der Waals surface area contributed by atoms with Crippen molar-refractivity contribution >= 4 is 36.4 Å². The second kappa shape index (κ2) is 9.18. The third-order valence-electron chi connectivity index (χ3n) is 4.80. The minimum atomic E-state index is -0.156. The molecule has 1 fully saturated rings. The fourth-order valence-electron chi connectivity index (χ4n) is 3.45. The van der Waals surface area contributed by atoms with Gasteiger partial charge in [0.15, 0.2) is 5.82 Å². The van der Waals surface area contributed by atoms with Gasteiger partial charge in [-0.3, -0.25) is 14.0 Å². The summed E-state index contributed by atoms with van der Waals surface area (Å²) in [6, 6.07) is 3.68. The lowest BCUT2D eigenvalue weighted by atomic mass is 9.90. The topological polar surface area (TPSA) is 89.7 Å². The molecule has 0 saturated carbocycles. The molecule has 150 valence electrons. The zero-order valence-corrected chi connectivity index (χ0v) is 17.2. The Labute approximate surface area is 175 Å². The van der Waals surface area contributed by atoms with Gasteiger partial charge in [-0.1, -0.05) is 0 Å². The van der Waals surface area contributed by atoms with E-state index in [4.69, 9.17) is 0 Å². The summed E-state index contributed by atoms with van der Waals surface area (Å²) < 4.78 is 3.63. The minimum Gasteiger partial charge on any atom is -0.323 e. The van der Waals surface area contributed by atoms with E-state index in [1.54, 1.807) is 17.1 Å². The highest BCUT2D eigenvalue weighted by atomic mass is 35.5. The smallest absolute Gasteiger partial charge is 0.229 e. The molecule has 0 radical (unpaired) electrons. The van der Waals surface area contributed by atoms with Crippen LogP contribution in [0, 0.1) is 12.8 Å². The Hall–Kier alpha value is -2.42. The number of nitrogens with one attached hydrogen (secondary N) is 2. The predicted molar refractivity (Wildman–Crippen MR) is 112 cm³/mol. The normalized spacial score (nSPS) is 18.2. The van der Waals surface area contributed by atoms with Crippen LogP contribution in [0.25, 0.3) is 5.82 Å². The summed E-state index contributed by atoms with van der Waals surface area (Å²) in [6.45, 7) is 3.31. The highest BCUT2D eigenvalue weighted by Gasteiger charge is 2.35. The van der Waals surface area contributed by atoms with Crippen molar-refractivity contribution in [2.45, 2.75) is 12.8 Å². The molecule has 8 nitrogen and oxygen atoms in total.